The van der Waals surface area contributed by atoms with Gasteiger partial charge in [0.25, 0.3) is 5.91 Å². The fourth-order valence-electron chi connectivity index (χ4n) is 3.72. The number of amides is 1. The molecule has 0 bridgehead atoms. The average molecular weight is 446 g/mol. The van der Waals surface area contributed by atoms with Crippen LogP contribution in [-0.4, -0.2) is 44.5 Å². The smallest absolute Gasteiger partial charge is 0.257 e. The second kappa shape index (κ2) is 9.05. The van der Waals surface area contributed by atoms with E-state index in [4.69, 9.17) is 4.98 Å². The first kappa shape index (κ1) is 22.5. The SMILES string of the molecule is CC(C)c1cc(C(=O)Nc2ccnn2Cc2ccc(N(C)C)cc2)c2cnn(C(C)C)c2n1. The van der Waals surface area contributed by atoms with Crippen molar-refractivity contribution in [3.8, 4) is 0 Å². The zero-order valence-corrected chi connectivity index (χ0v) is 20.1. The molecule has 0 saturated heterocycles. The molecule has 0 unspecified atom stereocenters. The number of carbonyl (C=O) groups is 1. The van der Waals surface area contributed by atoms with Gasteiger partial charge in [0.05, 0.1) is 29.9 Å². The molecule has 4 rings (SSSR count). The first-order valence-electron chi connectivity index (χ1n) is 11.2. The van der Waals surface area contributed by atoms with E-state index in [0.29, 0.717) is 17.9 Å². The zero-order valence-electron chi connectivity index (χ0n) is 20.1. The highest BCUT2D eigenvalue weighted by Gasteiger charge is 2.20. The van der Waals surface area contributed by atoms with E-state index < -0.39 is 0 Å². The number of nitrogens with one attached hydrogen (secondary N) is 1. The summed E-state index contributed by atoms with van der Waals surface area (Å²) in [6, 6.07) is 12.1. The van der Waals surface area contributed by atoms with Gasteiger partial charge in [-0.25, -0.2) is 14.3 Å². The predicted octanol–water partition coefficient (Wildman–Crippen LogP) is 4.70. The highest BCUT2D eigenvalue weighted by Crippen LogP contribution is 2.25. The van der Waals surface area contributed by atoms with Crippen LogP contribution in [0, 0.1) is 0 Å². The number of hydrogen-bond acceptors (Lipinski definition) is 5. The second-order valence-corrected chi connectivity index (χ2v) is 9.06. The van der Waals surface area contributed by atoms with Crippen molar-refractivity contribution in [2.24, 2.45) is 0 Å². The zero-order chi connectivity index (χ0) is 23.7. The Morgan fingerprint density at radius 1 is 1.06 bits per heavy atom. The van der Waals surface area contributed by atoms with E-state index in [1.807, 2.05) is 30.9 Å². The summed E-state index contributed by atoms with van der Waals surface area (Å²) in [7, 11) is 4.03. The van der Waals surface area contributed by atoms with Crippen LogP contribution < -0.4 is 10.2 Å². The van der Waals surface area contributed by atoms with Crippen LogP contribution in [0.15, 0.2) is 48.8 Å². The maximum Gasteiger partial charge on any atom is 0.257 e. The van der Waals surface area contributed by atoms with Crippen molar-refractivity contribution in [1.29, 1.82) is 0 Å². The van der Waals surface area contributed by atoms with Gasteiger partial charge >= 0.3 is 0 Å². The molecule has 1 N–H and O–H groups in total. The van der Waals surface area contributed by atoms with Crippen LogP contribution in [0.25, 0.3) is 11.0 Å². The summed E-state index contributed by atoms with van der Waals surface area (Å²) in [5, 5.41) is 12.7. The normalized spacial score (nSPS) is 11.5. The number of pyridine rings is 1. The summed E-state index contributed by atoms with van der Waals surface area (Å²) in [4.78, 5) is 20.2. The van der Waals surface area contributed by atoms with Crippen molar-refractivity contribution in [2.45, 2.75) is 46.2 Å². The lowest BCUT2D eigenvalue weighted by molar-refractivity contribution is 0.102. The van der Waals surface area contributed by atoms with Crippen molar-refractivity contribution in [3.63, 3.8) is 0 Å². The van der Waals surface area contributed by atoms with Gasteiger partial charge in [0.2, 0.25) is 0 Å². The summed E-state index contributed by atoms with van der Waals surface area (Å²) < 4.78 is 3.65. The molecule has 3 heterocycles. The van der Waals surface area contributed by atoms with Gasteiger partial charge in [-0.3, -0.25) is 4.79 Å². The molecule has 0 saturated carbocycles. The molecule has 0 aliphatic heterocycles. The molecular formula is C25H31N7O. The Morgan fingerprint density at radius 2 is 1.79 bits per heavy atom. The van der Waals surface area contributed by atoms with Crippen LogP contribution in [0.5, 0.6) is 0 Å². The summed E-state index contributed by atoms with van der Waals surface area (Å²) in [6.07, 6.45) is 3.42. The molecule has 1 amide bonds. The number of nitrogens with zero attached hydrogens (tertiary/aromatic N) is 6. The maximum absolute atomic E-state index is 13.4. The van der Waals surface area contributed by atoms with E-state index in [9.17, 15) is 4.79 Å². The minimum Gasteiger partial charge on any atom is -0.378 e. The van der Waals surface area contributed by atoms with Gasteiger partial charge in [-0.05, 0) is 43.5 Å². The van der Waals surface area contributed by atoms with Gasteiger partial charge < -0.3 is 10.2 Å². The minimum atomic E-state index is -0.197. The number of anilines is 2. The van der Waals surface area contributed by atoms with Crippen molar-refractivity contribution < 1.29 is 4.79 Å². The first-order chi connectivity index (χ1) is 15.7. The number of fused-ring (bicyclic) bond motifs is 1. The lowest BCUT2D eigenvalue weighted by Gasteiger charge is -2.14. The first-order valence-corrected chi connectivity index (χ1v) is 11.2. The van der Waals surface area contributed by atoms with Gasteiger partial charge in [-0.1, -0.05) is 26.0 Å². The molecular weight excluding hydrogens is 414 g/mol. The molecule has 0 atom stereocenters. The van der Waals surface area contributed by atoms with Crippen molar-refractivity contribution in [1.82, 2.24) is 24.5 Å². The fraction of sp³-hybridized carbons (Fsp3) is 0.360. The molecule has 1 aromatic carbocycles. The summed E-state index contributed by atoms with van der Waals surface area (Å²) in [6.45, 7) is 8.81. The number of hydrogen-bond donors (Lipinski definition) is 1. The molecule has 3 aromatic heterocycles. The van der Waals surface area contributed by atoms with Crippen LogP contribution >= 0.6 is 0 Å². The van der Waals surface area contributed by atoms with Gasteiger partial charge in [-0.2, -0.15) is 10.2 Å². The van der Waals surface area contributed by atoms with E-state index in [2.05, 4.69) is 72.4 Å². The molecule has 8 nitrogen and oxygen atoms in total. The summed E-state index contributed by atoms with van der Waals surface area (Å²) in [5.41, 5.74) is 4.41. The molecule has 0 aliphatic carbocycles. The van der Waals surface area contributed by atoms with Gasteiger partial charge in [0.15, 0.2) is 5.65 Å². The third-order valence-electron chi connectivity index (χ3n) is 5.66. The van der Waals surface area contributed by atoms with Gasteiger partial charge in [0.1, 0.15) is 5.82 Å². The number of carbonyl (C=O) groups excluding carboxylic acids is 1. The number of rotatable bonds is 7. The van der Waals surface area contributed by atoms with E-state index in [0.717, 1.165) is 28.0 Å². The molecule has 8 heteroatoms. The number of aromatic nitrogens is 5. The Morgan fingerprint density at radius 3 is 2.42 bits per heavy atom. The monoisotopic (exact) mass is 445 g/mol. The quantitative estimate of drug-likeness (QED) is 0.446. The predicted molar refractivity (Wildman–Crippen MR) is 132 cm³/mol. The average Bonchev–Trinajstić information content (AvgIpc) is 3.40. The lowest BCUT2D eigenvalue weighted by atomic mass is 10.0. The van der Waals surface area contributed by atoms with E-state index in [1.165, 1.54) is 0 Å². The molecule has 172 valence electrons. The third-order valence-corrected chi connectivity index (χ3v) is 5.66. The van der Waals surface area contributed by atoms with E-state index >= 15 is 0 Å². The molecule has 0 radical (unpaired) electrons. The highest BCUT2D eigenvalue weighted by molar-refractivity contribution is 6.11. The van der Waals surface area contributed by atoms with E-state index in [1.54, 1.807) is 17.1 Å². The Balaban J connectivity index is 1.62. The van der Waals surface area contributed by atoms with Crippen molar-refractivity contribution >= 4 is 28.4 Å². The van der Waals surface area contributed by atoms with Crippen molar-refractivity contribution in [2.75, 3.05) is 24.3 Å². The summed E-state index contributed by atoms with van der Waals surface area (Å²) >= 11 is 0. The maximum atomic E-state index is 13.4. The van der Waals surface area contributed by atoms with Crippen LogP contribution in [-0.2, 0) is 6.54 Å². The van der Waals surface area contributed by atoms with Gasteiger partial charge in [0, 0.05) is 37.6 Å². The van der Waals surface area contributed by atoms with E-state index in [-0.39, 0.29) is 17.9 Å². The van der Waals surface area contributed by atoms with Crippen molar-refractivity contribution in [3.05, 3.63) is 65.6 Å². The standard InChI is InChI=1S/C25H31N7O/c1-16(2)22-13-20(21-14-27-32(17(3)4)24(21)28-22)25(33)29-23-11-12-26-31(23)15-18-7-9-19(10-8-18)30(5)6/h7-14,16-17H,15H2,1-6H3,(H,29,33). The van der Waals surface area contributed by atoms with Crippen LogP contribution in [0.2, 0.25) is 0 Å². The third kappa shape index (κ3) is 4.60. The second-order valence-electron chi connectivity index (χ2n) is 9.06. The lowest BCUT2D eigenvalue weighted by Crippen LogP contribution is -2.17. The Labute approximate surface area is 194 Å². The molecule has 0 spiro atoms. The Hall–Kier alpha value is -3.68. The summed E-state index contributed by atoms with van der Waals surface area (Å²) in [5.74, 6) is 0.633. The minimum absolute atomic E-state index is 0.147. The van der Waals surface area contributed by atoms with Crippen LogP contribution in [0.3, 0.4) is 0 Å². The molecule has 0 fully saturated rings. The largest absolute Gasteiger partial charge is 0.378 e. The Bertz CT molecular complexity index is 1270. The topological polar surface area (TPSA) is 80.9 Å². The van der Waals surface area contributed by atoms with Crippen LogP contribution in [0.4, 0.5) is 11.5 Å². The highest BCUT2D eigenvalue weighted by atomic mass is 16.1. The molecule has 0 aliphatic rings. The molecule has 33 heavy (non-hydrogen) atoms. The Kier molecular flexibility index (Phi) is 6.18. The number of benzene rings is 1. The van der Waals surface area contributed by atoms with Crippen LogP contribution in [0.1, 0.15) is 61.3 Å². The van der Waals surface area contributed by atoms with Gasteiger partial charge in [-0.15, -0.1) is 0 Å². The molecule has 4 aromatic rings. The fourth-order valence-corrected chi connectivity index (χ4v) is 3.72.